The van der Waals surface area contributed by atoms with Crippen molar-refractivity contribution in [1.82, 2.24) is 5.32 Å². The van der Waals surface area contributed by atoms with Crippen LogP contribution in [0.1, 0.15) is 47.9 Å². The number of hydrogen-bond donors (Lipinski definition) is 1. The summed E-state index contributed by atoms with van der Waals surface area (Å²) in [5, 5.41) is 3.43. The molecule has 0 bridgehead atoms. The lowest BCUT2D eigenvalue weighted by Crippen LogP contribution is -2.22. The highest BCUT2D eigenvalue weighted by Gasteiger charge is 2.18. The van der Waals surface area contributed by atoms with Crippen molar-refractivity contribution in [3.8, 4) is 0 Å². The molecule has 1 aromatic rings. The summed E-state index contributed by atoms with van der Waals surface area (Å²) in [5.41, 5.74) is 0. The fourth-order valence-corrected chi connectivity index (χ4v) is 4.18. The quantitative estimate of drug-likeness (QED) is 0.861. The van der Waals surface area contributed by atoms with E-state index in [1.165, 1.54) is 39.9 Å². The molecule has 1 saturated heterocycles. The van der Waals surface area contributed by atoms with Gasteiger partial charge in [0.1, 0.15) is 0 Å². The zero-order valence-electron chi connectivity index (χ0n) is 11.2. The van der Waals surface area contributed by atoms with Crippen LogP contribution < -0.4 is 5.32 Å². The van der Waals surface area contributed by atoms with Crippen molar-refractivity contribution in [2.45, 2.75) is 51.2 Å². The van der Waals surface area contributed by atoms with Gasteiger partial charge in [0.05, 0.1) is 6.10 Å². The average molecular weight is 332 g/mol. The van der Waals surface area contributed by atoms with E-state index in [2.05, 4.69) is 41.3 Å². The van der Waals surface area contributed by atoms with Crippen molar-refractivity contribution in [2.24, 2.45) is 0 Å². The van der Waals surface area contributed by atoms with Gasteiger partial charge >= 0.3 is 0 Å². The van der Waals surface area contributed by atoms with Crippen molar-refractivity contribution in [1.29, 1.82) is 0 Å². The largest absolute Gasteiger partial charge is 0.378 e. The van der Waals surface area contributed by atoms with Crippen LogP contribution in [0.2, 0.25) is 0 Å². The number of aryl methyl sites for hydroxylation is 1. The summed E-state index contributed by atoms with van der Waals surface area (Å²) < 4.78 is 7.04. The summed E-state index contributed by atoms with van der Waals surface area (Å²) >= 11 is 5.48. The molecule has 2 nitrogen and oxygen atoms in total. The molecule has 102 valence electrons. The molecule has 1 N–H and O–H groups in total. The first-order valence-corrected chi connectivity index (χ1v) is 8.36. The van der Waals surface area contributed by atoms with Gasteiger partial charge in [-0.25, -0.2) is 0 Å². The molecule has 2 heterocycles. The smallest absolute Gasteiger partial charge is 0.0575 e. The lowest BCUT2D eigenvalue weighted by atomic mass is 10.0. The molecule has 0 aromatic carbocycles. The molecule has 1 aromatic heterocycles. The summed E-state index contributed by atoms with van der Waals surface area (Å²) in [7, 11) is 2.05. The molecule has 1 fully saturated rings. The Morgan fingerprint density at radius 3 is 2.94 bits per heavy atom. The van der Waals surface area contributed by atoms with Gasteiger partial charge in [0.2, 0.25) is 0 Å². The molecular formula is C14H22BrNOS. The minimum Gasteiger partial charge on any atom is -0.378 e. The SMILES string of the molecule is CNC(CCC1CCCCO1)c1cc(Br)c(C)s1. The Kier molecular flexibility index (Phi) is 5.67. The van der Waals surface area contributed by atoms with Crippen molar-refractivity contribution in [3.05, 3.63) is 20.3 Å². The lowest BCUT2D eigenvalue weighted by molar-refractivity contribution is 0.00871. The Hall–Kier alpha value is 0.1000. The topological polar surface area (TPSA) is 21.3 Å². The van der Waals surface area contributed by atoms with E-state index in [1.807, 2.05) is 11.3 Å². The third kappa shape index (κ3) is 3.80. The van der Waals surface area contributed by atoms with Gasteiger partial charge in [-0.3, -0.25) is 0 Å². The minimum absolute atomic E-state index is 0.463. The van der Waals surface area contributed by atoms with Gasteiger partial charge in [-0.15, -0.1) is 11.3 Å². The first-order chi connectivity index (χ1) is 8.70. The van der Waals surface area contributed by atoms with Crippen LogP contribution >= 0.6 is 27.3 Å². The highest BCUT2D eigenvalue weighted by Crippen LogP contribution is 2.33. The Labute approximate surface area is 122 Å². The van der Waals surface area contributed by atoms with Crippen LogP contribution in [-0.4, -0.2) is 19.8 Å². The Balaban J connectivity index is 1.88. The molecule has 0 spiro atoms. The van der Waals surface area contributed by atoms with Crippen LogP contribution in [0.4, 0.5) is 0 Å². The van der Waals surface area contributed by atoms with Crippen molar-refractivity contribution in [2.75, 3.05) is 13.7 Å². The predicted molar refractivity (Wildman–Crippen MR) is 81.4 cm³/mol. The molecule has 4 heteroatoms. The second-order valence-electron chi connectivity index (χ2n) is 4.96. The first kappa shape index (κ1) is 14.5. The van der Waals surface area contributed by atoms with Crippen LogP contribution in [0, 0.1) is 6.92 Å². The molecule has 1 aliphatic heterocycles. The van der Waals surface area contributed by atoms with Gasteiger partial charge in [-0.05, 0) is 68.1 Å². The number of halogens is 1. The monoisotopic (exact) mass is 331 g/mol. The van der Waals surface area contributed by atoms with E-state index in [0.717, 1.165) is 13.0 Å². The molecule has 2 atom stereocenters. The maximum absolute atomic E-state index is 5.80. The normalized spacial score (nSPS) is 22.1. The summed E-state index contributed by atoms with van der Waals surface area (Å²) in [6.45, 7) is 3.12. The Morgan fingerprint density at radius 2 is 2.39 bits per heavy atom. The number of thiophene rings is 1. The van der Waals surface area contributed by atoms with E-state index in [0.29, 0.717) is 12.1 Å². The fourth-order valence-electron chi connectivity index (χ4n) is 2.47. The fraction of sp³-hybridized carbons (Fsp3) is 0.714. The number of rotatable bonds is 5. The molecule has 0 radical (unpaired) electrons. The highest BCUT2D eigenvalue weighted by molar-refractivity contribution is 9.10. The standard InChI is InChI=1S/C14H22BrNOS/c1-10-12(15)9-14(18-10)13(16-2)7-6-11-5-3-4-8-17-11/h9,11,13,16H,3-8H2,1-2H3. The van der Waals surface area contributed by atoms with Gasteiger partial charge in [-0.2, -0.15) is 0 Å². The molecule has 18 heavy (non-hydrogen) atoms. The lowest BCUT2D eigenvalue weighted by Gasteiger charge is -2.24. The molecule has 2 rings (SSSR count). The maximum Gasteiger partial charge on any atom is 0.0575 e. The second-order valence-corrected chi connectivity index (χ2v) is 7.10. The molecule has 1 aliphatic rings. The van der Waals surface area contributed by atoms with Gasteiger partial charge in [-0.1, -0.05) is 0 Å². The van der Waals surface area contributed by atoms with E-state index >= 15 is 0 Å². The van der Waals surface area contributed by atoms with Crippen LogP contribution in [0.15, 0.2) is 10.5 Å². The Morgan fingerprint density at radius 1 is 1.56 bits per heavy atom. The third-order valence-electron chi connectivity index (χ3n) is 3.62. The van der Waals surface area contributed by atoms with E-state index in [9.17, 15) is 0 Å². The van der Waals surface area contributed by atoms with Gasteiger partial charge < -0.3 is 10.1 Å². The third-order valence-corrected chi connectivity index (χ3v) is 5.87. The van der Waals surface area contributed by atoms with Gasteiger partial charge in [0.15, 0.2) is 0 Å². The van der Waals surface area contributed by atoms with Crippen molar-refractivity contribution >= 4 is 27.3 Å². The minimum atomic E-state index is 0.463. The first-order valence-electron chi connectivity index (χ1n) is 6.75. The van der Waals surface area contributed by atoms with E-state index < -0.39 is 0 Å². The molecule has 0 amide bonds. The summed E-state index contributed by atoms with van der Waals surface area (Å²) in [4.78, 5) is 2.79. The summed E-state index contributed by atoms with van der Waals surface area (Å²) in [5.74, 6) is 0. The Bertz CT molecular complexity index is 354. The predicted octanol–water partition coefficient (Wildman–Crippen LogP) is 4.43. The van der Waals surface area contributed by atoms with E-state index in [-0.39, 0.29) is 0 Å². The maximum atomic E-state index is 5.80. The average Bonchev–Trinajstić information content (AvgIpc) is 2.71. The number of ether oxygens (including phenoxy) is 1. The zero-order chi connectivity index (χ0) is 13.0. The molecule has 2 unspecified atom stereocenters. The zero-order valence-corrected chi connectivity index (χ0v) is 13.6. The second kappa shape index (κ2) is 7.04. The van der Waals surface area contributed by atoms with E-state index in [1.54, 1.807) is 0 Å². The van der Waals surface area contributed by atoms with Crippen LogP contribution in [-0.2, 0) is 4.74 Å². The van der Waals surface area contributed by atoms with Crippen LogP contribution in [0.5, 0.6) is 0 Å². The summed E-state index contributed by atoms with van der Waals surface area (Å²) in [6.07, 6.45) is 6.62. The molecule has 0 saturated carbocycles. The summed E-state index contributed by atoms with van der Waals surface area (Å²) in [6, 6.07) is 2.72. The molecular weight excluding hydrogens is 310 g/mol. The number of hydrogen-bond acceptors (Lipinski definition) is 3. The van der Waals surface area contributed by atoms with Gasteiger partial charge in [0, 0.05) is 26.9 Å². The van der Waals surface area contributed by atoms with E-state index in [4.69, 9.17) is 4.74 Å². The number of nitrogens with one attached hydrogen (secondary N) is 1. The van der Waals surface area contributed by atoms with Crippen LogP contribution in [0.25, 0.3) is 0 Å². The molecule has 0 aliphatic carbocycles. The van der Waals surface area contributed by atoms with Gasteiger partial charge in [0.25, 0.3) is 0 Å². The van der Waals surface area contributed by atoms with Crippen LogP contribution in [0.3, 0.4) is 0 Å². The van der Waals surface area contributed by atoms with Crippen molar-refractivity contribution < 1.29 is 4.74 Å². The highest BCUT2D eigenvalue weighted by atomic mass is 79.9. The van der Waals surface area contributed by atoms with Crippen molar-refractivity contribution in [3.63, 3.8) is 0 Å².